The lowest BCUT2D eigenvalue weighted by Crippen LogP contribution is -1.92. The Hall–Kier alpha value is -1.55. The fourth-order valence-corrected chi connectivity index (χ4v) is 2.09. The number of nitrogens with two attached hydrogens (primary N) is 1. The highest BCUT2D eigenvalue weighted by Gasteiger charge is 2.10. The van der Waals surface area contributed by atoms with Gasteiger partial charge in [0.15, 0.2) is 0 Å². The molecule has 0 bridgehead atoms. The van der Waals surface area contributed by atoms with Crippen molar-refractivity contribution in [2.75, 3.05) is 5.73 Å². The van der Waals surface area contributed by atoms with Crippen molar-refractivity contribution in [1.82, 2.24) is 0 Å². The maximum atomic E-state index is 10.7. The Kier molecular flexibility index (Phi) is 1.70. The van der Waals surface area contributed by atoms with Crippen molar-refractivity contribution in [3.8, 4) is 0 Å². The van der Waals surface area contributed by atoms with E-state index in [9.17, 15) is 4.79 Å². The second-order valence-corrected chi connectivity index (χ2v) is 3.60. The molecular formula is C9H7NO2S. The fourth-order valence-electron chi connectivity index (χ4n) is 1.24. The van der Waals surface area contributed by atoms with Gasteiger partial charge in [0.2, 0.25) is 0 Å². The summed E-state index contributed by atoms with van der Waals surface area (Å²) in [7, 11) is 0. The van der Waals surface area contributed by atoms with Crippen LogP contribution in [0, 0.1) is 0 Å². The molecule has 4 heteroatoms. The molecule has 1 aromatic heterocycles. The van der Waals surface area contributed by atoms with Crippen molar-refractivity contribution in [1.29, 1.82) is 0 Å². The van der Waals surface area contributed by atoms with Gasteiger partial charge in [-0.25, -0.2) is 4.79 Å². The highest BCUT2D eigenvalue weighted by atomic mass is 32.1. The van der Waals surface area contributed by atoms with E-state index in [2.05, 4.69) is 0 Å². The summed E-state index contributed by atoms with van der Waals surface area (Å²) in [5.41, 5.74) is 6.22. The van der Waals surface area contributed by atoms with Crippen LogP contribution in [0.2, 0.25) is 0 Å². The second kappa shape index (κ2) is 2.74. The number of benzene rings is 1. The van der Waals surface area contributed by atoms with Crippen LogP contribution < -0.4 is 5.73 Å². The molecule has 0 amide bonds. The van der Waals surface area contributed by atoms with Crippen LogP contribution in [0.15, 0.2) is 23.6 Å². The van der Waals surface area contributed by atoms with E-state index < -0.39 is 5.97 Å². The summed E-state index contributed by atoms with van der Waals surface area (Å²) in [6, 6.07) is 5.23. The van der Waals surface area contributed by atoms with Gasteiger partial charge in [0, 0.05) is 11.1 Å². The molecule has 2 rings (SSSR count). The monoisotopic (exact) mass is 193 g/mol. The molecule has 0 aliphatic carbocycles. The first-order valence-electron chi connectivity index (χ1n) is 3.68. The van der Waals surface area contributed by atoms with Crippen LogP contribution in [0.4, 0.5) is 5.69 Å². The highest BCUT2D eigenvalue weighted by Crippen LogP contribution is 2.27. The number of fused-ring (bicyclic) bond motifs is 1. The van der Waals surface area contributed by atoms with Crippen molar-refractivity contribution in [2.24, 2.45) is 0 Å². The van der Waals surface area contributed by atoms with Crippen LogP contribution in [0.3, 0.4) is 0 Å². The van der Waals surface area contributed by atoms with Crippen LogP contribution in [-0.4, -0.2) is 11.1 Å². The van der Waals surface area contributed by atoms with Crippen LogP contribution in [0.5, 0.6) is 0 Å². The average Bonchev–Trinajstić information content (AvgIpc) is 2.46. The molecule has 66 valence electrons. The van der Waals surface area contributed by atoms with E-state index >= 15 is 0 Å². The molecule has 0 unspecified atom stereocenters. The molecule has 0 radical (unpaired) electrons. The average molecular weight is 193 g/mol. The van der Waals surface area contributed by atoms with Gasteiger partial charge in [-0.15, -0.1) is 11.3 Å². The summed E-state index contributed by atoms with van der Waals surface area (Å²) in [6.07, 6.45) is 0. The third-order valence-corrected chi connectivity index (χ3v) is 2.82. The van der Waals surface area contributed by atoms with Crippen molar-refractivity contribution in [2.45, 2.75) is 0 Å². The van der Waals surface area contributed by atoms with Gasteiger partial charge >= 0.3 is 5.97 Å². The van der Waals surface area contributed by atoms with Gasteiger partial charge in [-0.1, -0.05) is 6.07 Å². The highest BCUT2D eigenvalue weighted by molar-refractivity contribution is 7.13. The Balaban J connectivity index is 2.76. The minimum Gasteiger partial charge on any atom is -0.477 e. The van der Waals surface area contributed by atoms with Crippen LogP contribution in [0.25, 0.3) is 10.8 Å². The van der Waals surface area contributed by atoms with E-state index in [4.69, 9.17) is 10.8 Å². The van der Waals surface area contributed by atoms with Gasteiger partial charge in [-0.05, 0) is 22.9 Å². The zero-order valence-corrected chi connectivity index (χ0v) is 7.47. The lowest BCUT2D eigenvalue weighted by molar-refractivity contribution is 0.0704. The van der Waals surface area contributed by atoms with Crippen LogP contribution >= 0.6 is 11.3 Å². The topological polar surface area (TPSA) is 63.3 Å². The van der Waals surface area contributed by atoms with Gasteiger partial charge in [-0.2, -0.15) is 0 Å². The predicted octanol–water partition coefficient (Wildman–Crippen LogP) is 2.18. The van der Waals surface area contributed by atoms with Crippen molar-refractivity contribution in [3.63, 3.8) is 0 Å². The molecule has 0 saturated carbocycles. The van der Waals surface area contributed by atoms with E-state index in [-0.39, 0.29) is 0 Å². The molecule has 0 aliphatic rings. The van der Waals surface area contributed by atoms with Gasteiger partial charge < -0.3 is 10.8 Å². The second-order valence-electron chi connectivity index (χ2n) is 2.72. The third kappa shape index (κ3) is 1.25. The lowest BCUT2D eigenvalue weighted by atomic mass is 10.2. The SMILES string of the molecule is Nc1ccc2c(C(=O)O)scc2c1. The number of thiophene rings is 1. The Morgan fingerprint density at radius 3 is 2.92 bits per heavy atom. The summed E-state index contributed by atoms with van der Waals surface area (Å²) in [4.78, 5) is 11.1. The maximum Gasteiger partial charge on any atom is 0.346 e. The lowest BCUT2D eigenvalue weighted by Gasteiger charge is -1.93. The molecule has 0 fully saturated rings. The minimum atomic E-state index is -0.884. The van der Waals surface area contributed by atoms with Gasteiger partial charge in [0.1, 0.15) is 4.88 Å². The quantitative estimate of drug-likeness (QED) is 0.682. The predicted molar refractivity (Wildman–Crippen MR) is 53.2 cm³/mol. The summed E-state index contributed by atoms with van der Waals surface area (Å²) in [6.45, 7) is 0. The Labute approximate surface area is 78.4 Å². The first-order chi connectivity index (χ1) is 6.18. The molecule has 0 spiro atoms. The van der Waals surface area contributed by atoms with Gasteiger partial charge in [0.05, 0.1) is 0 Å². The van der Waals surface area contributed by atoms with Gasteiger partial charge in [-0.3, -0.25) is 0 Å². The number of hydrogen-bond acceptors (Lipinski definition) is 3. The summed E-state index contributed by atoms with van der Waals surface area (Å²) < 4.78 is 0. The van der Waals surface area contributed by atoms with Crippen molar-refractivity contribution < 1.29 is 9.90 Å². The largest absolute Gasteiger partial charge is 0.477 e. The third-order valence-electron chi connectivity index (χ3n) is 1.82. The molecular weight excluding hydrogens is 186 g/mol. The fraction of sp³-hybridized carbons (Fsp3) is 0. The Morgan fingerprint density at radius 2 is 2.23 bits per heavy atom. The molecule has 0 atom stereocenters. The minimum absolute atomic E-state index is 0.370. The molecule has 3 N–H and O–H groups in total. The van der Waals surface area contributed by atoms with E-state index in [1.165, 1.54) is 11.3 Å². The van der Waals surface area contributed by atoms with Gasteiger partial charge in [0.25, 0.3) is 0 Å². The Morgan fingerprint density at radius 1 is 1.46 bits per heavy atom. The first kappa shape index (κ1) is 8.07. The standard InChI is InChI=1S/C9H7NO2S/c10-6-1-2-7-5(3-6)4-13-8(7)9(11)12/h1-4H,10H2,(H,11,12). The van der Waals surface area contributed by atoms with E-state index in [1.807, 2.05) is 0 Å². The first-order valence-corrected chi connectivity index (χ1v) is 4.56. The zero-order chi connectivity index (χ0) is 9.42. The molecule has 3 nitrogen and oxygen atoms in total. The molecule has 13 heavy (non-hydrogen) atoms. The number of carboxylic acids is 1. The summed E-state index contributed by atoms with van der Waals surface area (Å²) in [5.74, 6) is -0.884. The molecule has 0 aliphatic heterocycles. The van der Waals surface area contributed by atoms with Crippen LogP contribution in [0.1, 0.15) is 9.67 Å². The number of carboxylic acid groups (broad SMARTS) is 1. The smallest absolute Gasteiger partial charge is 0.346 e. The number of hydrogen-bond donors (Lipinski definition) is 2. The molecule has 0 saturated heterocycles. The van der Waals surface area contributed by atoms with E-state index in [0.29, 0.717) is 10.6 Å². The summed E-state index contributed by atoms with van der Waals surface area (Å²) >= 11 is 1.22. The molecule has 1 heterocycles. The van der Waals surface area contributed by atoms with Crippen LogP contribution in [-0.2, 0) is 0 Å². The number of carbonyl (C=O) groups is 1. The summed E-state index contributed by atoms with van der Waals surface area (Å²) in [5, 5.41) is 12.3. The zero-order valence-electron chi connectivity index (χ0n) is 6.65. The number of rotatable bonds is 1. The van der Waals surface area contributed by atoms with E-state index in [0.717, 1.165) is 10.8 Å². The van der Waals surface area contributed by atoms with Crippen molar-refractivity contribution >= 4 is 33.8 Å². The van der Waals surface area contributed by atoms with E-state index in [1.54, 1.807) is 23.6 Å². The Bertz CT molecular complexity index is 475. The van der Waals surface area contributed by atoms with Crippen molar-refractivity contribution in [3.05, 3.63) is 28.5 Å². The molecule has 1 aromatic carbocycles. The number of aromatic carboxylic acids is 1. The normalized spacial score (nSPS) is 10.5. The maximum absolute atomic E-state index is 10.7. The number of anilines is 1. The number of nitrogen functional groups attached to an aromatic ring is 1. The molecule has 2 aromatic rings.